The third-order valence-electron chi connectivity index (χ3n) is 11.0. The van der Waals surface area contributed by atoms with Crippen molar-refractivity contribution in [3.05, 3.63) is 83.5 Å². The van der Waals surface area contributed by atoms with E-state index in [1.807, 2.05) is 0 Å². The smallest absolute Gasteiger partial charge is 0.261 e. The molecular formula is C37H48O5Si. The van der Waals surface area contributed by atoms with Crippen molar-refractivity contribution in [2.45, 2.75) is 102 Å². The van der Waals surface area contributed by atoms with Gasteiger partial charge in [0.1, 0.15) is 6.79 Å². The molecule has 6 rings (SSSR count). The fourth-order valence-corrected chi connectivity index (χ4v) is 13.6. The molecule has 0 amide bonds. The lowest BCUT2D eigenvalue weighted by Crippen LogP contribution is -2.68. The summed E-state index contributed by atoms with van der Waals surface area (Å²) in [5, 5.41) is 14.7. The molecule has 0 heterocycles. The molecule has 2 saturated carbocycles. The number of aliphatic hydroxyl groups is 1. The van der Waals surface area contributed by atoms with Gasteiger partial charge in [-0.05, 0) is 77.9 Å². The topological polar surface area (TPSA) is 65.0 Å². The highest BCUT2D eigenvalue weighted by Gasteiger charge is 2.56. The molecule has 0 spiro atoms. The third-order valence-corrected chi connectivity index (χ3v) is 16.1. The van der Waals surface area contributed by atoms with Crippen LogP contribution in [0.2, 0.25) is 5.04 Å². The van der Waals surface area contributed by atoms with E-state index >= 15 is 0 Å². The summed E-state index contributed by atoms with van der Waals surface area (Å²) in [5.41, 5.74) is 1.75. The Morgan fingerprint density at radius 2 is 1.60 bits per heavy atom. The van der Waals surface area contributed by atoms with E-state index in [9.17, 15) is 9.90 Å². The number of allylic oxidation sites excluding steroid dienone is 3. The van der Waals surface area contributed by atoms with Crippen LogP contribution in [0.4, 0.5) is 0 Å². The molecule has 43 heavy (non-hydrogen) atoms. The van der Waals surface area contributed by atoms with Gasteiger partial charge in [0.05, 0.1) is 17.8 Å². The van der Waals surface area contributed by atoms with Crippen LogP contribution in [0, 0.1) is 11.3 Å². The molecule has 0 radical (unpaired) electrons. The Bertz CT molecular complexity index is 1350. The van der Waals surface area contributed by atoms with Crippen LogP contribution in [0.25, 0.3) is 0 Å². The predicted molar refractivity (Wildman–Crippen MR) is 173 cm³/mol. The Balaban J connectivity index is 1.45. The number of methoxy groups -OCH3 is 1. The molecule has 6 heteroatoms. The molecule has 0 unspecified atom stereocenters. The number of carbonyl (C=O) groups excluding carboxylic acids is 1. The molecular weight excluding hydrogens is 552 g/mol. The summed E-state index contributed by atoms with van der Waals surface area (Å²) < 4.78 is 19.0. The van der Waals surface area contributed by atoms with Crippen molar-refractivity contribution in [2.75, 3.05) is 13.9 Å². The first kappa shape index (κ1) is 30.7. The maximum absolute atomic E-state index is 14.0. The minimum Gasteiger partial charge on any atom is -0.401 e. The number of hydrogen-bond acceptors (Lipinski definition) is 5. The quantitative estimate of drug-likeness (QED) is 0.301. The summed E-state index contributed by atoms with van der Waals surface area (Å²) in [7, 11) is -1.21. The van der Waals surface area contributed by atoms with Crippen molar-refractivity contribution >= 4 is 24.5 Å². The first-order valence-corrected chi connectivity index (χ1v) is 18.0. The fourth-order valence-electron chi connectivity index (χ4n) is 8.93. The number of hydrogen-bond donors (Lipinski definition) is 1. The van der Waals surface area contributed by atoms with Gasteiger partial charge in [-0.2, -0.15) is 0 Å². The Hall–Kier alpha value is -2.35. The maximum atomic E-state index is 14.0. The molecule has 2 fully saturated rings. The lowest BCUT2D eigenvalue weighted by atomic mass is 9.64. The summed E-state index contributed by atoms with van der Waals surface area (Å²) in [6, 6.07) is 21.4. The molecule has 5 nitrogen and oxygen atoms in total. The number of ether oxygens (including phenoxy) is 2. The number of Topliss-reactive ketones (excluding diaryl/α,β-unsaturated/α-hetero) is 1. The zero-order valence-corrected chi connectivity index (χ0v) is 27.5. The predicted octanol–water partition coefficient (Wildman–Crippen LogP) is 6.24. The van der Waals surface area contributed by atoms with E-state index in [2.05, 4.69) is 94.4 Å². The van der Waals surface area contributed by atoms with Crippen molar-refractivity contribution in [1.82, 2.24) is 0 Å². The molecule has 4 aliphatic rings. The van der Waals surface area contributed by atoms with Gasteiger partial charge in [-0.1, -0.05) is 93.9 Å². The normalized spacial score (nSPS) is 31.2. The van der Waals surface area contributed by atoms with Crippen LogP contribution in [0.15, 0.2) is 83.5 Å². The van der Waals surface area contributed by atoms with Crippen LogP contribution in [0.3, 0.4) is 0 Å². The van der Waals surface area contributed by atoms with Gasteiger partial charge in [-0.3, -0.25) is 4.79 Å². The highest BCUT2D eigenvalue weighted by Crippen LogP contribution is 2.57. The molecule has 2 aromatic rings. The van der Waals surface area contributed by atoms with Crippen molar-refractivity contribution in [3.8, 4) is 0 Å². The van der Waals surface area contributed by atoms with E-state index in [-0.39, 0.29) is 41.2 Å². The molecule has 0 aromatic heterocycles. The van der Waals surface area contributed by atoms with Gasteiger partial charge in [-0.15, -0.1) is 0 Å². The second kappa shape index (κ2) is 11.5. The van der Waals surface area contributed by atoms with E-state index in [0.29, 0.717) is 19.3 Å². The Kier molecular flexibility index (Phi) is 8.23. The lowest BCUT2D eigenvalue weighted by Gasteiger charge is -2.48. The molecule has 1 N–H and O–H groups in total. The van der Waals surface area contributed by atoms with Gasteiger partial charge in [0.15, 0.2) is 5.78 Å². The van der Waals surface area contributed by atoms with E-state index < -0.39 is 13.9 Å². The van der Waals surface area contributed by atoms with Gasteiger partial charge in [0.25, 0.3) is 8.32 Å². The van der Waals surface area contributed by atoms with Crippen LogP contribution < -0.4 is 10.4 Å². The van der Waals surface area contributed by atoms with Crippen LogP contribution in [-0.2, 0) is 18.7 Å². The van der Waals surface area contributed by atoms with Crippen LogP contribution in [0.5, 0.6) is 0 Å². The third kappa shape index (κ3) is 5.13. The van der Waals surface area contributed by atoms with Crippen molar-refractivity contribution < 1.29 is 23.8 Å². The first-order chi connectivity index (χ1) is 20.5. The van der Waals surface area contributed by atoms with Crippen molar-refractivity contribution in [2.24, 2.45) is 11.3 Å². The van der Waals surface area contributed by atoms with Crippen LogP contribution in [-0.4, -0.2) is 50.9 Å². The Morgan fingerprint density at radius 1 is 0.953 bits per heavy atom. The fraction of sp³-hybridized carbons (Fsp3) is 0.541. The number of rotatable bonds is 7. The number of carbonyl (C=O) groups is 1. The van der Waals surface area contributed by atoms with Crippen molar-refractivity contribution in [3.63, 3.8) is 0 Å². The Morgan fingerprint density at radius 3 is 2.21 bits per heavy atom. The zero-order valence-electron chi connectivity index (χ0n) is 26.5. The van der Waals surface area contributed by atoms with Gasteiger partial charge in [0.2, 0.25) is 0 Å². The van der Waals surface area contributed by atoms with Crippen LogP contribution in [0.1, 0.15) is 79.1 Å². The molecule has 2 aromatic carbocycles. The van der Waals surface area contributed by atoms with Crippen molar-refractivity contribution in [1.29, 1.82) is 0 Å². The Labute approximate surface area is 258 Å². The highest BCUT2D eigenvalue weighted by atomic mass is 28.4. The monoisotopic (exact) mass is 600 g/mol. The first-order valence-electron chi connectivity index (χ1n) is 16.1. The van der Waals surface area contributed by atoms with Gasteiger partial charge >= 0.3 is 0 Å². The number of ketones is 1. The average Bonchev–Trinajstić information content (AvgIpc) is 3.21. The second-order valence-electron chi connectivity index (χ2n) is 14.5. The van der Waals surface area contributed by atoms with Gasteiger partial charge < -0.3 is 19.0 Å². The summed E-state index contributed by atoms with van der Waals surface area (Å²) >= 11 is 0. The minimum absolute atomic E-state index is 0.00273. The van der Waals surface area contributed by atoms with E-state index in [1.54, 1.807) is 7.11 Å². The molecule has 230 valence electrons. The molecule has 4 aliphatic carbocycles. The molecule has 0 bridgehead atoms. The van der Waals surface area contributed by atoms with E-state index in [0.717, 1.165) is 43.3 Å². The second-order valence-corrected chi connectivity index (χ2v) is 18.8. The average molecular weight is 601 g/mol. The SMILES string of the molecule is COCO[C@H]1CC[C@H]2C3=C(C=C4[C@@H](O[Si](c5ccccc5)(c5ccccc5)C(C)(C)C)CCC[C@]4(O)CC3)C(=O)C[C@]12C. The highest BCUT2D eigenvalue weighted by molar-refractivity contribution is 6.99. The largest absolute Gasteiger partial charge is 0.401 e. The number of benzene rings is 2. The summed E-state index contributed by atoms with van der Waals surface area (Å²) in [4.78, 5) is 14.0. The number of fused-ring (bicyclic) bond motifs is 3. The van der Waals surface area contributed by atoms with E-state index in [4.69, 9.17) is 13.9 Å². The van der Waals surface area contributed by atoms with Crippen LogP contribution >= 0.6 is 0 Å². The standard InChI is InChI=1S/C37H48O5Si/c1-35(2,3)43(26-13-8-6-9-14-26,27-15-10-7-11-16-27)42-33-17-12-21-37(39)22-20-28-29(23-31(33)37)32(38)24-36(4)30(28)18-19-34(36)41-25-40-5/h6-11,13-16,23,30,33-34,39H,12,17-22,24-25H2,1-5H3/t30-,33-,34-,36-,37-/m0/s1. The molecule has 0 saturated heterocycles. The molecule has 0 aliphatic heterocycles. The van der Waals surface area contributed by atoms with E-state index in [1.165, 1.54) is 15.9 Å². The van der Waals surface area contributed by atoms with Gasteiger partial charge in [-0.25, -0.2) is 0 Å². The summed E-state index contributed by atoms with van der Waals surface area (Å²) in [5.74, 6) is 0.451. The molecule has 5 atom stereocenters. The lowest BCUT2D eigenvalue weighted by molar-refractivity contribution is -0.131. The summed E-state index contributed by atoms with van der Waals surface area (Å²) in [6.07, 6.45) is 8.02. The maximum Gasteiger partial charge on any atom is 0.261 e. The summed E-state index contributed by atoms with van der Waals surface area (Å²) in [6.45, 7) is 9.36. The minimum atomic E-state index is -2.86. The van der Waals surface area contributed by atoms with Gasteiger partial charge in [0, 0.05) is 24.5 Å². The zero-order chi connectivity index (χ0) is 30.5.